The number of likely N-dealkylation sites (tertiary alicyclic amines) is 1. The van der Waals surface area contributed by atoms with E-state index in [2.05, 4.69) is 90.4 Å². The molecular weight excluding hydrogens is 464 g/mol. The molecule has 0 saturated carbocycles. The third kappa shape index (κ3) is 7.21. The summed E-state index contributed by atoms with van der Waals surface area (Å²) in [7, 11) is 0. The molecule has 0 spiro atoms. The van der Waals surface area contributed by atoms with Crippen molar-refractivity contribution in [1.82, 2.24) is 9.80 Å². The molecule has 0 aromatic heterocycles. The molecule has 0 amide bonds. The number of aryl methyl sites for hydroxylation is 3. The van der Waals surface area contributed by atoms with Gasteiger partial charge in [0.05, 0.1) is 0 Å². The Balaban J connectivity index is 1.08. The molecular formula is C35H44N2O. The maximum absolute atomic E-state index is 13.1. The zero-order valence-corrected chi connectivity index (χ0v) is 23.4. The van der Waals surface area contributed by atoms with E-state index in [0.717, 1.165) is 50.5 Å². The Morgan fingerprint density at radius 1 is 0.842 bits per heavy atom. The summed E-state index contributed by atoms with van der Waals surface area (Å²) >= 11 is 0. The van der Waals surface area contributed by atoms with Crippen LogP contribution in [0.4, 0.5) is 0 Å². The van der Waals surface area contributed by atoms with Gasteiger partial charge in [0.2, 0.25) is 0 Å². The Morgan fingerprint density at radius 3 is 2.42 bits per heavy atom. The van der Waals surface area contributed by atoms with Crippen molar-refractivity contribution in [2.24, 2.45) is 5.92 Å². The van der Waals surface area contributed by atoms with Gasteiger partial charge in [-0.25, -0.2) is 0 Å². The molecule has 5 rings (SSSR count). The van der Waals surface area contributed by atoms with Gasteiger partial charge < -0.3 is 0 Å². The van der Waals surface area contributed by atoms with Crippen LogP contribution in [-0.2, 0) is 26.1 Å². The molecule has 38 heavy (non-hydrogen) atoms. The number of fused-ring (bicyclic) bond motifs is 1. The number of carbonyl (C=O) groups excluding carboxylic acids is 1. The lowest BCUT2D eigenvalue weighted by atomic mass is 9.90. The first-order chi connectivity index (χ1) is 18.5. The monoisotopic (exact) mass is 508 g/mol. The van der Waals surface area contributed by atoms with Crippen molar-refractivity contribution in [2.45, 2.75) is 78.4 Å². The van der Waals surface area contributed by atoms with E-state index in [4.69, 9.17) is 0 Å². The number of benzene rings is 3. The largest absolute Gasteiger partial charge is 0.299 e. The van der Waals surface area contributed by atoms with Gasteiger partial charge in [0, 0.05) is 31.6 Å². The van der Waals surface area contributed by atoms with E-state index in [1.807, 2.05) is 0 Å². The quantitative estimate of drug-likeness (QED) is 0.279. The Hall–Kier alpha value is -2.75. The number of carbonyl (C=O) groups is 1. The summed E-state index contributed by atoms with van der Waals surface area (Å²) < 4.78 is 0. The molecule has 3 nitrogen and oxygen atoms in total. The highest BCUT2D eigenvalue weighted by Crippen LogP contribution is 2.26. The molecule has 2 aliphatic rings. The second-order valence-electron chi connectivity index (χ2n) is 11.7. The van der Waals surface area contributed by atoms with Crippen LogP contribution in [0.1, 0.15) is 82.3 Å². The minimum absolute atomic E-state index is 0.319. The number of hydrogen-bond donors (Lipinski definition) is 0. The van der Waals surface area contributed by atoms with Gasteiger partial charge in [-0.2, -0.15) is 0 Å². The first kappa shape index (κ1) is 26.8. The van der Waals surface area contributed by atoms with Crippen molar-refractivity contribution in [3.8, 4) is 0 Å². The first-order valence-electron chi connectivity index (χ1n) is 14.7. The van der Waals surface area contributed by atoms with Crippen LogP contribution >= 0.6 is 0 Å². The van der Waals surface area contributed by atoms with Gasteiger partial charge >= 0.3 is 0 Å². The van der Waals surface area contributed by atoms with Gasteiger partial charge in [-0.1, -0.05) is 66.2 Å². The van der Waals surface area contributed by atoms with Gasteiger partial charge in [-0.15, -0.1) is 0 Å². The zero-order valence-electron chi connectivity index (χ0n) is 23.4. The molecule has 0 N–H and O–H groups in total. The SMILES string of the molecule is Cc1ccc(CN2CCC(CCCC(=O)c3ccc4c(c3)CN(Cc3ccccc3C)CCC4)CC2)cc1. The first-order valence-corrected chi connectivity index (χ1v) is 14.7. The fourth-order valence-electron chi connectivity index (χ4n) is 6.25. The highest BCUT2D eigenvalue weighted by Gasteiger charge is 2.20. The molecule has 3 heteroatoms. The van der Waals surface area contributed by atoms with E-state index in [0.29, 0.717) is 12.2 Å². The third-order valence-corrected chi connectivity index (χ3v) is 8.75. The van der Waals surface area contributed by atoms with Crippen LogP contribution in [0.5, 0.6) is 0 Å². The van der Waals surface area contributed by atoms with Gasteiger partial charge in [0.15, 0.2) is 5.78 Å². The summed E-state index contributed by atoms with van der Waals surface area (Å²) in [5.41, 5.74) is 9.19. The molecule has 2 heterocycles. The van der Waals surface area contributed by atoms with E-state index < -0.39 is 0 Å². The van der Waals surface area contributed by atoms with Crippen molar-refractivity contribution in [3.63, 3.8) is 0 Å². The van der Waals surface area contributed by atoms with Crippen molar-refractivity contribution >= 4 is 5.78 Å². The zero-order chi connectivity index (χ0) is 26.3. The van der Waals surface area contributed by atoms with Crippen molar-refractivity contribution in [3.05, 3.63) is 106 Å². The molecule has 0 bridgehead atoms. The molecule has 200 valence electrons. The molecule has 0 aliphatic carbocycles. The molecule has 1 fully saturated rings. The molecule has 0 radical (unpaired) electrons. The highest BCUT2D eigenvalue weighted by molar-refractivity contribution is 5.96. The molecule has 2 aliphatic heterocycles. The van der Waals surface area contributed by atoms with E-state index in [-0.39, 0.29) is 0 Å². The standard InChI is InChI=1S/C35H44N2O/c1-27-12-14-30(15-13-27)24-36-21-18-29(19-22-36)8-5-11-35(38)32-17-16-31-10-6-20-37(26-34(31)23-32)25-33-9-4-3-7-28(33)2/h3-4,7,9,12-17,23,29H,5-6,8,10-11,18-22,24-26H2,1-2H3. The summed E-state index contributed by atoms with van der Waals surface area (Å²) in [5.74, 6) is 1.08. The van der Waals surface area contributed by atoms with E-state index in [1.54, 1.807) is 0 Å². The number of piperidine rings is 1. The second-order valence-corrected chi connectivity index (χ2v) is 11.7. The maximum atomic E-state index is 13.1. The minimum atomic E-state index is 0.319. The summed E-state index contributed by atoms with van der Waals surface area (Å²) in [6.45, 7) is 10.8. The lowest BCUT2D eigenvalue weighted by Gasteiger charge is -2.32. The molecule has 1 saturated heterocycles. The fraction of sp³-hybridized carbons (Fsp3) is 0.457. The van der Waals surface area contributed by atoms with Crippen LogP contribution in [0.3, 0.4) is 0 Å². The maximum Gasteiger partial charge on any atom is 0.162 e. The Bertz CT molecular complexity index is 1210. The summed E-state index contributed by atoms with van der Waals surface area (Å²) in [4.78, 5) is 18.3. The van der Waals surface area contributed by atoms with E-state index >= 15 is 0 Å². The Morgan fingerprint density at radius 2 is 1.63 bits per heavy atom. The second kappa shape index (κ2) is 12.9. The van der Waals surface area contributed by atoms with E-state index in [9.17, 15) is 4.79 Å². The number of rotatable bonds is 9. The van der Waals surface area contributed by atoms with Crippen molar-refractivity contribution in [1.29, 1.82) is 0 Å². The summed E-state index contributed by atoms with van der Waals surface area (Å²) in [5, 5.41) is 0. The Kier molecular flexibility index (Phi) is 9.09. The molecule has 0 unspecified atom stereocenters. The number of ketones is 1. The van der Waals surface area contributed by atoms with Crippen LogP contribution in [0.25, 0.3) is 0 Å². The predicted octanol–water partition coefficient (Wildman–Crippen LogP) is 7.52. The van der Waals surface area contributed by atoms with Crippen LogP contribution in [0, 0.1) is 19.8 Å². The van der Waals surface area contributed by atoms with Crippen LogP contribution in [0.15, 0.2) is 66.7 Å². The van der Waals surface area contributed by atoms with Crippen LogP contribution in [-0.4, -0.2) is 35.2 Å². The Labute approximate surface area is 229 Å². The normalized spacial score (nSPS) is 17.2. The number of Topliss-reactive ketones (excluding diaryl/α,β-unsaturated/α-hetero) is 1. The average Bonchev–Trinajstić information content (AvgIpc) is 3.13. The lowest BCUT2D eigenvalue weighted by molar-refractivity contribution is 0.0974. The average molecular weight is 509 g/mol. The number of nitrogens with zero attached hydrogens (tertiary/aromatic N) is 2. The molecule has 0 atom stereocenters. The summed E-state index contributed by atoms with van der Waals surface area (Å²) in [6.07, 6.45) is 7.67. The number of hydrogen-bond acceptors (Lipinski definition) is 3. The summed E-state index contributed by atoms with van der Waals surface area (Å²) in [6, 6.07) is 24.2. The van der Waals surface area contributed by atoms with Crippen molar-refractivity contribution in [2.75, 3.05) is 19.6 Å². The molecule has 3 aromatic carbocycles. The fourth-order valence-corrected chi connectivity index (χ4v) is 6.25. The van der Waals surface area contributed by atoms with Gasteiger partial charge in [-0.05, 0) is 112 Å². The van der Waals surface area contributed by atoms with E-state index in [1.165, 1.54) is 72.2 Å². The topological polar surface area (TPSA) is 23.6 Å². The van der Waals surface area contributed by atoms with Gasteiger partial charge in [-0.3, -0.25) is 14.6 Å². The predicted molar refractivity (Wildman–Crippen MR) is 157 cm³/mol. The van der Waals surface area contributed by atoms with Crippen molar-refractivity contribution < 1.29 is 4.79 Å². The van der Waals surface area contributed by atoms with Crippen LogP contribution in [0.2, 0.25) is 0 Å². The highest BCUT2D eigenvalue weighted by atomic mass is 16.1. The van der Waals surface area contributed by atoms with Gasteiger partial charge in [0.25, 0.3) is 0 Å². The van der Waals surface area contributed by atoms with Crippen LogP contribution < -0.4 is 0 Å². The lowest BCUT2D eigenvalue weighted by Crippen LogP contribution is -2.33. The molecule has 3 aromatic rings. The smallest absolute Gasteiger partial charge is 0.162 e. The minimum Gasteiger partial charge on any atom is -0.299 e. The van der Waals surface area contributed by atoms with Gasteiger partial charge in [0.1, 0.15) is 0 Å². The third-order valence-electron chi connectivity index (χ3n) is 8.75.